The third kappa shape index (κ3) is 4.25. The third-order valence-electron chi connectivity index (χ3n) is 3.25. The van der Waals surface area contributed by atoms with Gasteiger partial charge in [-0.05, 0) is 14.1 Å². The zero-order valence-corrected chi connectivity index (χ0v) is 14.7. The standard InChI is InChI=1S/C15H20N4O4S/c1-19(2)6-4-16-9-8-10(20)13-11(12(9)21)18-15(24-13)14(22)17-5-7-23-3/h8,16H,4-7H2,1-3H3,(H,17,22). The lowest BCUT2D eigenvalue weighted by molar-refractivity contribution is 0.0935. The molecule has 0 radical (unpaired) electrons. The molecule has 24 heavy (non-hydrogen) atoms. The number of hydrogen-bond donors (Lipinski definition) is 2. The molecule has 0 saturated heterocycles. The van der Waals surface area contributed by atoms with Crippen molar-refractivity contribution in [1.29, 1.82) is 0 Å². The first-order chi connectivity index (χ1) is 11.4. The fraction of sp³-hybridized carbons (Fsp3) is 0.467. The van der Waals surface area contributed by atoms with Gasteiger partial charge in [0.2, 0.25) is 5.78 Å². The molecule has 0 aromatic carbocycles. The number of thiazole rings is 1. The van der Waals surface area contributed by atoms with Gasteiger partial charge in [-0.25, -0.2) is 4.98 Å². The highest BCUT2D eigenvalue weighted by Gasteiger charge is 2.31. The minimum atomic E-state index is -0.422. The van der Waals surface area contributed by atoms with Crippen molar-refractivity contribution in [2.24, 2.45) is 0 Å². The maximum Gasteiger partial charge on any atom is 0.280 e. The van der Waals surface area contributed by atoms with Crippen molar-refractivity contribution in [3.63, 3.8) is 0 Å². The highest BCUT2D eigenvalue weighted by molar-refractivity contribution is 7.16. The minimum Gasteiger partial charge on any atom is -0.383 e. The van der Waals surface area contributed by atoms with Crippen molar-refractivity contribution >= 4 is 28.8 Å². The molecular weight excluding hydrogens is 332 g/mol. The summed E-state index contributed by atoms with van der Waals surface area (Å²) in [5.74, 6) is -1.10. The molecule has 1 aromatic rings. The van der Waals surface area contributed by atoms with Gasteiger partial charge in [0.05, 0.1) is 12.3 Å². The average Bonchev–Trinajstić information content (AvgIpc) is 2.98. The van der Waals surface area contributed by atoms with Gasteiger partial charge in [-0.2, -0.15) is 0 Å². The summed E-state index contributed by atoms with van der Waals surface area (Å²) in [5, 5.41) is 5.67. The zero-order valence-electron chi connectivity index (χ0n) is 13.8. The molecule has 9 heteroatoms. The summed E-state index contributed by atoms with van der Waals surface area (Å²) in [6.07, 6.45) is 1.27. The van der Waals surface area contributed by atoms with Crippen LogP contribution in [-0.2, 0) is 4.74 Å². The first kappa shape index (κ1) is 18.2. The second-order valence-electron chi connectivity index (χ2n) is 5.43. The quantitative estimate of drug-likeness (QED) is 0.632. The summed E-state index contributed by atoms with van der Waals surface area (Å²) in [6, 6.07) is 0. The predicted molar refractivity (Wildman–Crippen MR) is 89.6 cm³/mol. The monoisotopic (exact) mass is 352 g/mol. The highest BCUT2D eigenvalue weighted by Crippen LogP contribution is 2.25. The lowest BCUT2D eigenvalue weighted by atomic mass is 10.0. The van der Waals surface area contributed by atoms with Gasteiger partial charge in [0.1, 0.15) is 10.6 Å². The normalized spacial score (nSPS) is 13.8. The van der Waals surface area contributed by atoms with E-state index < -0.39 is 5.91 Å². The van der Waals surface area contributed by atoms with E-state index >= 15 is 0 Å². The minimum absolute atomic E-state index is 0.0387. The van der Waals surface area contributed by atoms with Crippen molar-refractivity contribution < 1.29 is 19.1 Å². The Morgan fingerprint density at radius 2 is 2.08 bits per heavy atom. The maximum absolute atomic E-state index is 12.4. The first-order valence-corrected chi connectivity index (χ1v) is 8.23. The molecule has 0 fully saturated rings. The SMILES string of the molecule is COCCNC(=O)c1nc2c(s1)C(=O)C=C(NCCN(C)C)C2=O. The van der Waals surface area contributed by atoms with Crippen LogP contribution in [0.3, 0.4) is 0 Å². The third-order valence-corrected chi connectivity index (χ3v) is 4.32. The lowest BCUT2D eigenvalue weighted by Gasteiger charge is -2.15. The Labute approximate surface area is 143 Å². The van der Waals surface area contributed by atoms with E-state index in [0.717, 1.165) is 17.9 Å². The van der Waals surface area contributed by atoms with Crippen LogP contribution in [0, 0.1) is 0 Å². The molecular formula is C15H20N4O4S. The Morgan fingerprint density at radius 1 is 1.33 bits per heavy atom. The number of likely N-dealkylation sites (N-methyl/N-ethyl adjacent to an activating group) is 1. The Bertz CT molecular complexity index is 681. The lowest BCUT2D eigenvalue weighted by Crippen LogP contribution is -2.31. The van der Waals surface area contributed by atoms with Gasteiger partial charge in [0.15, 0.2) is 10.8 Å². The van der Waals surface area contributed by atoms with Crippen LogP contribution in [0.25, 0.3) is 0 Å². The van der Waals surface area contributed by atoms with Crippen LogP contribution in [-0.4, -0.2) is 74.8 Å². The number of ketones is 2. The molecule has 130 valence electrons. The summed E-state index contributed by atoms with van der Waals surface area (Å²) in [7, 11) is 5.36. The topological polar surface area (TPSA) is 101 Å². The average molecular weight is 352 g/mol. The van der Waals surface area contributed by atoms with E-state index in [4.69, 9.17) is 4.74 Å². The Balaban J connectivity index is 2.10. The number of carbonyl (C=O) groups is 3. The van der Waals surface area contributed by atoms with E-state index in [1.807, 2.05) is 19.0 Å². The van der Waals surface area contributed by atoms with Crippen LogP contribution in [0.2, 0.25) is 0 Å². The van der Waals surface area contributed by atoms with E-state index in [-0.39, 0.29) is 32.8 Å². The molecule has 0 atom stereocenters. The van der Waals surface area contributed by atoms with E-state index in [1.165, 1.54) is 13.2 Å². The summed E-state index contributed by atoms with van der Waals surface area (Å²) < 4.78 is 4.85. The molecule has 1 aliphatic carbocycles. The first-order valence-electron chi connectivity index (χ1n) is 7.41. The molecule has 1 heterocycles. The summed E-state index contributed by atoms with van der Waals surface area (Å²) in [6.45, 7) is 1.95. The number of aromatic nitrogens is 1. The van der Waals surface area contributed by atoms with Crippen LogP contribution in [0.4, 0.5) is 0 Å². The number of nitrogens with zero attached hydrogens (tertiary/aromatic N) is 2. The van der Waals surface area contributed by atoms with Crippen LogP contribution >= 0.6 is 11.3 Å². The van der Waals surface area contributed by atoms with Crippen molar-refractivity contribution in [3.05, 3.63) is 27.4 Å². The summed E-state index contributed by atoms with van der Waals surface area (Å²) in [5.41, 5.74) is 0.253. The molecule has 2 N–H and O–H groups in total. The highest BCUT2D eigenvalue weighted by atomic mass is 32.1. The Kier molecular flexibility index (Phi) is 6.18. The summed E-state index contributed by atoms with van der Waals surface area (Å²) in [4.78, 5) is 42.8. The molecule has 1 amide bonds. The number of rotatable bonds is 8. The Hall–Kier alpha value is -2.10. The number of ether oxygens (including phenoxy) is 1. The zero-order chi connectivity index (χ0) is 17.7. The second-order valence-corrected chi connectivity index (χ2v) is 6.43. The van der Waals surface area contributed by atoms with Gasteiger partial charge in [-0.15, -0.1) is 11.3 Å². The van der Waals surface area contributed by atoms with Crippen molar-refractivity contribution in [3.8, 4) is 0 Å². The fourth-order valence-corrected chi connectivity index (χ4v) is 2.91. The largest absolute Gasteiger partial charge is 0.383 e. The van der Waals surface area contributed by atoms with Crippen molar-refractivity contribution in [2.45, 2.75) is 0 Å². The van der Waals surface area contributed by atoms with Gasteiger partial charge in [0.25, 0.3) is 5.91 Å². The number of amides is 1. The van der Waals surface area contributed by atoms with Crippen molar-refractivity contribution in [2.75, 3.05) is 47.4 Å². The fourth-order valence-electron chi connectivity index (χ4n) is 2.02. The van der Waals surface area contributed by atoms with Gasteiger partial charge in [0, 0.05) is 32.8 Å². The predicted octanol–water partition coefficient (Wildman–Crippen LogP) is -0.0666. The Morgan fingerprint density at radius 3 is 2.75 bits per heavy atom. The molecule has 0 aliphatic heterocycles. The molecule has 0 bridgehead atoms. The van der Waals surface area contributed by atoms with Crippen LogP contribution in [0.15, 0.2) is 11.8 Å². The molecule has 1 aromatic heterocycles. The number of hydrogen-bond acceptors (Lipinski definition) is 8. The van der Waals surface area contributed by atoms with E-state index in [0.29, 0.717) is 19.7 Å². The molecule has 0 saturated carbocycles. The van der Waals surface area contributed by atoms with Gasteiger partial charge >= 0.3 is 0 Å². The molecule has 1 aliphatic rings. The number of carbonyl (C=O) groups excluding carboxylic acids is 3. The van der Waals surface area contributed by atoms with Crippen LogP contribution < -0.4 is 10.6 Å². The smallest absolute Gasteiger partial charge is 0.280 e. The van der Waals surface area contributed by atoms with Crippen LogP contribution in [0.5, 0.6) is 0 Å². The number of Topliss-reactive ketones (excluding diaryl/α,β-unsaturated/α-hetero) is 1. The van der Waals surface area contributed by atoms with E-state index in [1.54, 1.807) is 0 Å². The van der Waals surface area contributed by atoms with Crippen molar-refractivity contribution in [1.82, 2.24) is 20.5 Å². The number of allylic oxidation sites excluding steroid dienone is 2. The van der Waals surface area contributed by atoms with Gasteiger partial charge < -0.3 is 20.3 Å². The van der Waals surface area contributed by atoms with Gasteiger partial charge in [-0.3, -0.25) is 14.4 Å². The van der Waals surface area contributed by atoms with Crippen LogP contribution in [0.1, 0.15) is 30.0 Å². The molecule has 0 unspecified atom stereocenters. The summed E-state index contributed by atoms with van der Waals surface area (Å²) >= 11 is 0.929. The maximum atomic E-state index is 12.4. The molecule has 8 nitrogen and oxygen atoms in total. The number of fused-ring (bicyclic) bond motifs is 1. The van der Waals surface area contributed by atoms with Gasteiger partial charge in [-0.1, -0.05) is 0 Å². The number of nitrogens with one attached hydrogen (secondary N) is 2. The van der Waals surface area contributed by atoms with E-state index in [2.05, 4.69) is 15.6 Å². The second kappa shape index (κ2) is 8.13. The number of methoxy groups -OCH3 is 1. The molecule has 0 spiro atoms. The van der Waals surface area contributed by atoms with E-state index in [9.17, 15) is 14.4 Å². The molecule has 2 rings (SSSR count).